The molecule has 0 saturated carbocycles. The van der Waals surface area contributed by atoms with Gasteiger partial charge in [-0.3, -0.25) is 9.59 Å². The van der Waals surface area contributed by atoms with Crippen LogP contribution in [-0.4, -0.2) is 66.4 Å². The largest absolute Gasteiger partial charge is 0.350 e. The van der Waals surface area contributed by atoms with E-state index in [0.717, 1.165) is 6.07 Å². The van der Waals surface area contributed by atoms with E-state index in [1.54, 1.807) is 23.9 Å². The number of amides is 2. The third-order valence-corrected chi connectivity index (χ3v) is 4.50. The van der Waals surface area contributed by atoms with E-state index in [1.165, 1.54) is 11.1 Å². The Bertz CT molecular complexity index is 724. The normalized spacial score (nSPS) is 20.8. The van der Waals surface area contributed by atoms with Gasteiger partial charge in [-0.15, -0.1) is 0 Å². The van der Waals surface area contributed by atoms with E-state index >= 15 is 0 Å². The average Bonchev–Trinajstić information content (AvgIpc) is 2.88. The van der Waals surface area contributed by atoms with Crippen LogP contribution >= 0.6 is 0 Å². The van der Waals surface area contributed by atoms with E-state index in [-0.39, 0.29) is 41.6 Å². The fourth-order valence-electron chi connectivity index (χ4n) is 3.17. The molecule has 0 bridgehead atoms. The maximum Gasteiger partial charge on any atom is 0.227 e. The van der Waals surface area contributed by atoms with Crippen LogP contribution in [0.4, 0.5) is 10.2 Å². The lowest BCUT2D eigenvalue weighted by Gasteiger charge is -2.44. The summed E-state index contributed by atoms with van der Waals surface area (Å²) in [6.07, 6.45) is 1.56. The van der Waals surface area contributed by atoms with Gasteiger partial charge in [-0.05, 0) is 6.07 Å². The van der Waals surface area contributed by atoms with Crippen molar-refractivity contribution in [2.75, 3.05) is 38.6 Å². The first kappa shape index (κ1) is 16.2. The molecule has 1 unspecified atom stereocenters. The Morgan fingerprint density at radius 1 is 1.42 bits per heavy atom. The third-order valence-electron chi connectivity index (χ3n) is 4.50. The van der Waals surface area contributed by atoms with Crippen molar-refractivity contribution >= 4 is 17.6 Å². The summed E-state index contributed by atoms with van der Waals surface area (Å²) in [6, 6.07) is 2.97. The van der Waals surface area contributed by atoms with E-state index in [2.05, 4.69) is 4.98 Å². The molecule has 3 rings (SSSR count). The molecule has 2 aliphatic rings. The van der Waals surface area contributed by atoms with Gasteiger partial charge in [-0.1, -0.05) is 0 Å². The first-order valence-electron chi connectivity index (χ1n) is 7.72. The van der Waals surface area contributed by atoms with Crippen molar-refractivity contribution in [3.63, 3.8) is 0 Å². The van der Waals surface area contributed by atoms with Crippen LogP contribution in [0, 0.1) is 23.1 Å². The van der Waals surface area contributed by atoms with Crippen LogP contribution in [-0.2, 0) is 9.59 Å². The predicted molar refractivity (Wildman–Crippen MR) is 83.4 cm³/mol. The standard InChI is InChI=1S/C16H18FN5O2/c1-20(2)16(24)11-4-14(23)22(7-11)12-8-21(9-12)15-13(17)3-10(5-18)6-19-15/h3,6,11-12H,4,7-9H2,1-2H3. The average molecular weight is 331 g/mol. The molecule has 0 aliphatic carbocycles. The van der Waals surface area contributed by atoms with Crippen molar-refractivity contribution in [3.8, 4) is 6.07 Å². The molecule has 1 atom stereocenters. The molecule has 1 aromatic heterocycles. The van der Waals surface area contributed by atoms with Gasteiger partial charge in [0.25, 0.3) is 0 Å². The number of aromatic nitrogens is 1. The fraction of sp³-hybridized carbons (Fsp3) is 0.500. The van der Waals surface area contributed by atoms with E-state index in [1.807, 2.05) is 6.07 Å². The highest BCUT2D eigenvalue weighted by Gasteiger charge is 2.43. The second-order valence-corrected chi connectivity index (χ2v) is 6.38. The van der Waals surface area contributed by atoms with Gasteiger partial charge in [0.1, 0.15) is 6.07 Å². The van der Waals surface area contributed by atoms with Gasteiger partial charge in [0, 0.05) is 46.3 Å². The van der Waals surface area contributed by atoms with Crippen LogP contribution in [0.3, 0.4) is 0 Å². The highest BCUT2D eigenvalue weighted by molar-refractivity contribution is 5.89. The summed E-state index contributed by atoms with van der Waals surface area (Å²) in [5, 5.41) is 8.74. The first-order chi connectivity index (χ1) is 11.4. The highest BCUT2D eigenvalue weighted by atomic mass is 19.1. The second kappa shape index (κ2) is 6.07. The number of likely N-dealkylation sites (tertiary alicyclic amines) is 1. The number of nitrogens with zero attached hydrogens (tertiary/aromatic N) is 5. The van der Waals surface area contributed by atoms with Crippen LogP contribution in [0.15, 0.2) is 12.3 Å². The van der Waals surface area contributed by atoms with Gasteiger partial charge in [-0.2, -0.15) is 5.26 Å². The van der Waals surface area contributed by atoms with Crippen LogP contribution in [0.25, 0.3) is 0 Å². The number of carbonyl (C=O) groups excluding carboxylic acids is 2. The summed E-state index contributed by atoms with van der Waals surface area (Å²) in [4.78, 5) is 33.1. The van der Waals surface area contributed by atoms with Gasteiger partial charge in [0.05, 0.1) is 17.5 Å². The van der Waals surface area contributed by atoms with Crippen molar-refractivity contribution in [3.05, 3.63) is 23.6 Å². The molecule has 126 valence electrons. The van der Waals surface area contributed by atoms with Gasteiger partial charge >= 0.3 is 0 Å². The molecule has 2 aliphatic heterocycles. The minimum atomic E-state index is -0.541. The maximum atomic E-state index is 14.0. The molecular formula is C16H18FN5O2. The predicted octanol–water partition coefficient (Wildman–Crippen LogP) is 0.218. The van der Waals surface area contributed by atoms with Crippen LogP contribution in [0.1, 0.15) is 12.0 Å². The van der Waals surface area contributed by atoms with Crippen LogP contribution in [0.2, 0.25) is 0 Å². The molecule has 24 heavy (non-hydrogen) atoms. The smallest absolute Gasteiger partial charge is 0.227 e. The summed E-state index contributed by atoms with van der Waals surface area (Å²) in [6.45, 7) is 1.37. The Morgan fingerprint density at radius 3 is 2.71 bits per heavy atom. The monoisotopic (exact) mass is 331 g/mol. The second-order valence-electron chi connectivity index (χ2n) is 6.38. The zero-order valence-electron chi connectivity index (χ0n) is 13.6. The molecule has 2 fully saturated rings. The molecule has 2 saturated heterocycles. The Kier molecular flexibility index (Phi) is 4.09. The number of anilines is 1. The molecule has 0 aromatic carbocycles. The molecular weight excluding hydrogens is 313 g/mol. The highest BCUT2D eigenvalue weighted by Crippen LogP contribution is 2.29. The molecule has 2 amide bonds. The first-order valence-corrected chi connectivity index (χ1v) is 7.72. The zero-order valence-corrected chi connectivity index (χ0v) is 13.6. The minimum Gasteiger partial charge on any atom is -0.350 e. The summed E-state index contributed by atoms with van der Waals surface area (Å²) < 4.78 is 14.0. The summed E-state index contributed by atoms with van der Waals surface area (Å²) in [5.74, 6) is -0.722. The molecule has 0 spiro atoms. The van der Waals surface area contributed by atoms with Gasteiger partial charge in [-0.25, -0.2) is 9.37 Å². The van der Waals surface area contributed by atoms with Gasteiger partial charge in [0.2, 0.25) is 11.8 Å². The number of hydrogen-bond donors (Lipinski definition) is 0. The Balaban J connectivity index is 1.62. The van der Waals surface area contributed by atoms with Crippen molar-refractivity contribution in [1.82, 2.24) is 14.8 Å². The number of carbonyl (C=O) groups is 2. The molecule has 7 nitrogen and oxygen atoms in total. The summed E-state index contributed by atoms with van der Waals surface area (Å²) in [5.41, 5.74) is 0.174. The number of hydrogen-bond acceptors (Lipinski definition) is 5. The van der Waals surface area contributed by atoms with E-state index in [4.69, 9.17) is 5.26 Å². The lowest BCUT2D eigenvalue weighted by molar-refractivity contribution is -0.133. The Labute approximate surface area is 139 Å². The molecule has 8 heteroatoms. The van der Waals surface area contributed by atoms with E-state index in [0.29, 0.717) is 19.6 Å². The SMILES string of the molecule is CN(C)C(=O)C1CC(=O)N(C2CN(c3ncc(C#N)cc3F)C2)C1. The fourth-order valence-corrected chi connectivity index (χ4v) is 3.17. The molecule has 0 N–H and O–H groups in total. The van der Waals surface area contributed by atoms with Gasteiger partial charge in [0.15, 0.2) is 11.6 Å². The van der Waals surface area contributed by atoms with Crippen LogP contribution < -0.4 is 4.90 Å². The number of nitriles is 1. The quantitative estimate of drug-likeness (QED) is 0.791. The van der Waals surface area contributed by atoms with Crippen molar-refractivity contribution in [2.45, 2.75) is 12.5 Å². The molecule has 1 aromatic rings. The zero-order chi connectivity index (χ0) is 17.4. The van der Waals surface area contributed by atoms with Crippen molar-refractivity contribution in [1.29, 1.82) is 5.26 Å². The van der Waals surface area contributed by atoms with E-state index < -0.39 is 5.82 Å². The summed E-state index contributed by atoms with van der Waals surface area (Å²) >= 11 is 0. The summed E-state index contributed by atoms with van der Waals surface area (Å²) in [7, 11) is 3.36. The maximum absolute atomic E-state index is 14.0. The van der Waals surface area contributed by atoms with E-state index in [9.17, 15) is 14.0 Å². The number of rotatable bonds is 3. The van der Waals surface area contributed by atoms with Gasteiger partial charge < -0.3 is 14.7 Å². The molecule has 0 radical (unpaired) electrons. The Morgan fingerprint density at radius 2 is 2.12 bits per heavy atom. The van der Waals surface area contributed by atoms with Crippen LogP contribution in [0.5, 0.6) is 0 Å². The minimum absolute atomic E-state index is 0.0331. The molecule has 3 heterocycles. The third kappa shape index (κ3) is 2.77. The Hall–Kier alpha value is -2.69. The lowest BCUT2D eigenvalue weighted by Crippen LogP contribution is -2.60. The topological polar surface area (TPSA) is 80.5 Å². The number of pyridine rings is 1. The number of halogens is 1. The lowest BCUT2D eigenvalue weighted by atomic mass is 10.1. The van der Waals surface area contributed by atoms with Crippen molar-refractivity contribution < 1.29 is 14.0 Å². The van der Waals surface area contributed by atoms with Crippen molar-refractivity contribution in [2.24, 2.45) is 5.92 Å².